The van der Waals surface area contributed by atoms with E-state index in [1.165, 1.54) is 4.68 Å². The Morgan fingerprint density at radius 3 is 2.44 bits per heavy atom. The maximum Gasteiger partial charge on any atom is 0.271 e. The summed E-state index contributed by atoms with van der Waals surface area (Å²) in [6, 6.07) is 12.6. The number of benzene rings is 2. The number of carbonyl (C=O) groups excluding carboxylic acids is 1. The highest BCUT2D eigenvalue weighted by molar-refractivity contribution is 5.93. The summed E-state index contributed by atoms with van der Waals surface area (Å²) < 4.78 is 6.53. The summed E-state index contributed by atoms with van der Waals surface area (Å²) in [5.74, 6) is 0.425. The predicted molar refractivity (Wildman–Crippen MR) is 126 cm³/mol. The molecule has 2 aromatic carbocycles. The van der Waals surface area contributed by atoms with Crippen LogP contribution in [0.2, 0.25) is 0 Å². The van der Waals surface area contributed by atoms with Gasteiger partial charge in [-0.25, -0.2) is 4.68 Å². The van der Waals surface area contributed by atoms with Crippen LogP contribution in [0.15, 0.2) is 47.3 Å². The van der Waals surface area contributed by atoms with Crippen molar-refractivity contribution in [1.82, 2.24) is 9.78 Å². The van der Waals surface area contributed by atoms with Crippen molar-refractivity contribution < 1.29 is 9.53 Å². The highest BCUT2D eigenvalue weighted by atomic mass is 16.5. The Labute approximate surface area is 188 Å². The first-order chi connectivity index (χ1) is 15.4. The van der Waals surface area contributed by atoms with Gasteiger partial charge in [-0.15, -0.1) is 0 Å². The number of rotatable bonds is 5. The highest BCUT2D eigenvalue weighted by Gasteiger charge is 2.26. The van der Waals surface area contributed by atoms with E-state index in [9.17, 15) is 9.59 Å². The first-order valence-electron chi connectivity index (χ1n) is 11.1. The smallest absolute Gasteiger partial charge is 0.271 e. The quantitative estimate of drug-likeness (QED) is 0.640. The van der Waals surface area contributed by atoms with Crippen LogP contribution < -0.4 is 15.6 Å². The predicted octanol–water partition coefficient (Wildman–Crippen LogP) is 4.61. The molecule has 0 radical (unpaired) electrons. The van der Waals surface area contributed by atoms with Crippen molar-refractivity contribution in [3.8, 4) is 17.0 Å². The number of fused-ring (bicyclic) bond motifs is 1. The second-order valence-electron chi connectivity index (χ2n) is 8.47. The van der Waals surface area contributed by atoms with Crippen LogP contribution in [0.1, 0.15) is 48.1 Å². The largest absolute Gasteiger partial charge is 0.497 e. The van der Waals surface area contributed by atoms with Crippen LogP contribution in [-0.2, 0) is 17.6 Å². The molecule has 166 valence electrons. The van der Waals surface area contributed by atoms with E-state index in [0.717, 1.165) is 59.2 Å². The number of nitrogens with one attached hydrogen (secondary N) is 1. The fourth-order valence-corrected chi connectivity index (χ4v) is 4.26. The van der Waals surface area contributed by atoms with Crippen LogP contribution >= 0.6 is 0 Å². The molecular weight excluding hydrogens is 402 g/mol. The molecule has 6 heteroatoms. The lowest BCUT2D eigenvalue weighted by Gasteiger charge is -2.23. The number of amides is 1. The maximum atomic E-state index is 13.3. The third-order valence-electron chi connectivity index (χ3n) is 6.18. The van der Waals surface area contributed by atoms with Gasteiger partial charge in [-0.2, -0.15) is 5.10 Å². The number of anilines is 1. The molecule has 6 nitrogen and oxygen atoms in total. The van der Waals surface area contributed by atoms with Crippen LogP contribution in [0.4, 0.5) is 5.69 Å². The molecular formula is C26H29N3O3. The molecule has 3 aromatic rings. The van der Waals surface area contributed by atoms with E-state index in [4.69, 9.17) is 9.84 Å². The zero-order valence-electron chi connectivity index (χ0n) is 19.1. The third kappa shape index (κ3) is 4.17. The summed E-state index contributed by atoms with van der Waals surface area (Å²) >= 11 is 0. The minimum Gasteiger partial charge on any atom is -0.497 e. The van der Waals surface area contributed by atoms with Gasteiger partial charge in [-0.3, -0.25) is 9.59 Å². The third-order valence-corrected chi connectivity index (χ3v) is 6.18. The van der Waals surface area contributed by atoms with Gasteiger partial charge in [0.05, 0.1) is 12.8 Å². The summed E-state index contributed by atoms with van der Waals surface area (Å²) in [6.45, 7) is 5.83. The van der Waals surface area contributed by atoms with Crippen molar-refractivity contribution in [3.63, 3.8) is 0 Å². The minimum absolute atomic E-state index is 0.161. The Morgan fingerprint density at radius 2 is 1.75 bits per heavy atom. The molecule has 1 heterocycles. The molecule has 1 N–H and O–H groups in total. The second kappa shape index (κ2) is 8.99. The molecule has 1 atom stereocenters. The lowest BCUT2D eigenvalue weighted by Crippen LogP contribution is -2.37. The van der Waals surface area contributed by atoms with E-state index >= 15 is 0 Å². The Bertz CT molecular complexity index is 1210. The fraction of sp³-hybridized carbons (Fsp3) is 0.346. The van der Waals surface area contributed by atoms with Crippen LogP contribution in [0.5, 0.6) is 5.75 Å². The molecule has 0 aliphatic heterocycles. The van der Waals surface area contributed by atoms with Gasteiger partial charge >= 0.3 is 0 Å². The van der Waals surface area contributed by atoms with Crippen molar-refractivity contribution in [2.24, 2.45) is 0 Å². The SMILES string of the molecule is COc1ccc(NC(=O)C(C)n2nc(-c3cc(C)ccc3C)c3c(c2=O)CCCC3)cc1. The zero-order valence-corrected chi connectivity index (χ0v) is 19.1. The van der Waals surface area contributed by atoms with E-state index in [-0.39, 0.29) is 11.5 Å². The molecule has 4 rings (SSSR count). The Kier molecular flexibility index (Phi) is 6.12. The number of aromatic nitrogens is 2. The first-order valence-corrected chi connectivity index (χ1v) is 11.1. The van der Waals surface area contributed by atoms with Crippen molar-refractivity contribution >= 4 is 11.6 Å². The van der Waals surface area contributed by atoms with Gasteiger partial charge in [-0.1, -0.05) is 17.7 Å². The van der Waals surface area contributed by atoms with Crippen molar-refractivity contribution in [2.45, 2.75) is 52.5 Å². The van der Waals surface area contributed by atoms with Gasteiger partial charge in [0.2, 0.25) is 5.91 Å². The molecule has 1 aromatic heterocycles. The monoisotopic (exact) mass is 431 g/mol. The highest BCUT2D eigenvalue weighted by Crippen LogP contribution is 2.31. The number of hydrogen-bond donors (Lipinski definition) is 1. The van der Waals surface area contributed by atoms with E-state index < -0.39 is 6.04 Å². The average molecular weight is 432 g/mol. The summed E-state index contributed by atoms with van der Waals surface area (Å²) in [4.78, 5) is 26.3. The number of hydrogen-bond acceptors (Lipinski definition) is 4. The van der Waals surface area contributed by atoms with Crippen LogP contribution in [-0.4, -0.2) is 22.8 Å². The standard InChI is InChI=1S/C26H29N3O3/c1-16-9-10-17(2)23(15-16)24-21-7-5-6-8-22(21)26(31)29(28-24)18(3)25(30)27-19-11-13-20(32-4)14-12-19/h9-15,18H,5-8H2,1-4H3,(H,27,30). The Hall–Kier alpha value is -3.41. The Balaban J connectivity index is 1.75. The Morgan fingerprint density at radius 1 is 1.06 bits per heavy atom. The molecule has 1 aliphatic carbocycles. The second-order valence-corrected chi connectivity index (χ2v) is 8.47. The molecule has 0 saturated heterocycles. The average Bonchev–Trinajstić information content (AvgIpc) is 2.81. The van der Waals surface area contributed by atoms with E-state index in [2.05, 4.69) is 37.4 Å². The van der Waals surface area contributed by atoms with E-state index in [0.29, 0.717) is 11.4 Å². The zero-order chi connectivity index (χ0) is 22.8. The van der Waals surface area contributed by atoms with Crippen molar-refractivity contribution in [1.29, 1.82) is 0 Å². The van der Waals surface area contributed by atoms with Gasteiger partial charge in [-0.05, 0) is 87.9 Å². The number of carbonyl (C=O) groups is 1. The molecule has 0 spiro atoms. The van der Waals surface area contributed by atoms with Crippen LogP contribution in [0.25, 0.3) is 11.3 Å². The first kappa shape index (κ1) is 21.8. The lowest BCUT2D eigenvalue weighted by molar-refractivity contribution is -0.119. The normalized spacial score (nSPS) is 13.9. The van der Waals surface area contributed by atoms with Crippen LogP contribution in [0.3, 0.4) is 0 Å². The van der Waals surface area contributed by atoms with Gasteiger partial charge in [0.15, 0.2) is 0 Å². The number of ether oxygens (including phenoxy) is 1. The molecule has 1 aliphatic rings. The van der Waals surface area contributed by atoms with Gasteiger partial charge in [0.25, 0.3) is 5.56 Å². The minimum atomic E-state index is -0.749. The fourth-order valence-electron chi connectivity index (χ4n) is 4.26. The summed E-state index contributed by atoms with van der Waals surface area (Å²) in [5.41, 5.74) is 6.41. The lowest BCUT2D eigenvalue weighted by atomic mass is 9.88. The van der Waals surface area contributed by atoms with E-state index in [1.807, 2.05) is 0 Å². The van der Waals surface area contributed by atoms with Crippen molar-refractivity contribution in [2.75, 3.05) is 12.4 Å². The van der Waals surface area contributed by atoms with Gasteiger partial charge in [0.1, 0.15) is 11.8 Å². The van der Waals surface area contributed by atoms with Crippen molar-refractivity contribution in [3.05, 3.63) is 75.1 Å². The molecule has 1 unspecified atom stereocenters. The maximum absolute atomic E-state index is 13.3. The van der Waals surface area contributed by atoms with Gasteiger partial charge < -0.3 is 10.1 Å². The number of aryl methyl sites for hydroxylation is 2. The summed E-state index contributed by atoms with van der Waals surface area (Å²) in [5, 5.41) is 7.66. The molecule has 0 bridgehead atoms. The summed E-state index contributed by atoms with van der Waals surface area (Å²) in [7, 11) is 1.59. The topological polar surface area (TPSA) is 73.2 Å². The van der Waals surface area contributed by atoms with E-state index in [1.54, 1.807) is 38.3 Å². The number of nitrogens with zero attached hydrogens (tertiary/aromatic N) is 2. The summed E-state index contributed by atoms with van der Waals surface area (Å²) in [6.07, 6.45) is 3.59. The van der Waals surface area contributed by atoms with Gasteiger partial charge in [0, 0.05) is 16.8 Å². The van der Waals surface area contributed by atoms with Crippen LogP contribution in [0, 0.1) is 13.8 Å². The molecule has 0 saturated carbocycles. The number of methoxy groups -OCH3 is 1. The molecule has 1 amide bonds. The molecule has 32 heavy (non-hydrogen) atoms. The molecule has 0 fully saturated rings.